The third kappa shape index (κ3) is 3.24. The highest BCUT2D eigenvalue weighted by molar-refractivity contribution is 6.30. The number of benzene rings is 2. The van der Waals surface area contributed by atoms with Gasteiger partial charge in [0.1, 0.15) is 0 Å². The van der Waals surface area contributed by atoms with Crippen LogP contribution in [-0.2, 0) is 20.9 Å². The van der Waals surface area contributed by atoms with Gasteiger partial charge in [0.15, 0.2) is 6.04 Å². The SMILES string of the molecule is COC(=O)C1N(c2ccc(C)cc2)CC(=O)N(Cc2ccc(Cl)cc2)C12CC2. The zero-order valence-electron chi connectivity index (χ0n) is 16.0. The van der Waals surface area contributed by atoms with E-state index >= 15 is 0 Å². The molecule has 4 rings (SSSR count). The summed E-state index contributed by atoms with van der Waals surface area (Å²) in [6, 6.07) is 14.9. The summed E-state index contributed by atoms with van der Waals surface area (Å²) in [6.45, 7) is 2.63. The summed E-state index contributed by atoms with van der Waals surface area (Å²) in [7, 11) is 1.41. The molecule has 1 aliphatic carbocycles. The Hall–Kier alpha value is -2.53. The van der Waals surface area contributed by atoms with Crippen molar-refractivity contribution in [1.82, 2.24) is 4.90 Å². The number of halogens is 1. The van der Waals surface area contributed by atoms with Crippen molar-refractivity contribution in [2.45, 2.75) is 37.9 Å². The first-order valence-electron chi connectivity index (χ1n) is 9.41. The van der Waals surface area contributed by atoms with Crippen LogP contribution in [0, 0.1) is 6.92 Å². The molecule has 1 saturated heterocycles. The molecule has 2 aliphatic rings. The number of carbonyl (C=O) groups is 2. The second-order valence-corrected chi connectivity index (χ2v) is 8.04. The average Bonchev–Trinajstić information content (AvgIpc) is 3.47. The van der Waals surface area contributed by atoms with Crippen LogP contribution >= 0.6 is 11.6 Å². The number of ether oxygens (including phenoxy) is 1. The number of esters is 1. The molecule has 1 atom stereocenters. The maximum atomic E-state index is 13.1. The third-order valence-electron chi connectivity index (χ3n) is 5.77. The van der Waals surface area contributed by atoms with Crippen molar-refractivity contribution in [1.29, 1.82) is 0 Å². The van der Waals surface area contributed by atoms with Gasteiger partial charge in [0.25, 0.3) is 0 Å². The van der Waals surface area contributed by atoms with E-state index in [1.54, 1.807) is 0 Å². The van der Waals surface area contributed by atoms with Crippen LogP contribution in [0.25, 0.3) is 0 Å². The quantitative estimate of drug-likeness (QED) is 0.739. The smallest absolute Gasteiger partial charge is 0.330 e. The summed E-state index contributed by atoms with van der Waals surface area (Å²) < 4.78 is 5.15. The van der Waals surface area contributed by atoms with Gasteiger partial charge in [-0.3, -0.25) is 4.79 Å². The van der Waals surface area contributed by atoms with E-state index in [0.717, 1.165) is 29.7 Å². The second-order valence-electron chi connectivity index (χ2n) is 7.60. The number of methoxy groups -OCH3 is 1. The lowest BCUT2D eigenvalue weighted by Crippen LogP contribution is -2.66. The van der Waals surface area contributed by atoms with E-state index in [-0.39, 0.29) is 18.4 Å². The predicted octanol–water partition coefficient (Wildman–Crippen LogP) is 3.57. The van der Waals surface area contributed by atoms with Crippen molar-refractivity contribution in [2.75, 3.05) is 18.6 Å². The number of rotatable bonds is 4. The van der Waals surface area contributed by atoms with Gasteiger partial charge >= 0.3 is 5.97 Å². The Kier molecular flexibility index (Phi) is 4.79. The van der Waals surface area contributed by atoms with E-state index in [1.807, 2.05) is 65.3 Å². The third-order valence-corrected chi connectivity index (χ3v) is 6.02. The Labute approximate surface area is 169 Å². The second kappa shape index (κ2) is 7.13. The van der Waals surface area contributed by atoms with Crippen LogP contribution in [0.2, 0.25) is 5.02 Å². The standard InChI is InChI=1S/C22H23ClN2O3/c1-15-3-9-18(10-4-15)24-14-19(26)25(13-16-5-7-17(23)8-6-16)22(11-12-22)20(24)21(27)28-2/h3-10,20H,11-14H2,1-2H3. The van der Waals surface area contributed by atoms with Gasteiger partial charge in [-0.15, -0.1) is 0 Å². The molecule has 28 heavy (non-hydrogen) atoms. The Morgan fingerprint density at radius 2 is 1.79 bits per heavy atom. The largest absolute Gasteiger partial charge is 0.467 e. The van der Waals surface area contributed by atoms with Crippen LogP contribution in [0.4, 0.5) is 5.69 Å². The van der Waals surface area contributed by atoms with Crippen molar-refractivity contribution in [2.24, 2.45) is 0 Å². The molecule has 2 aromatic carbocycles. The molecule has 1 heterocycles. The molecular formula is C22H23ClN2O3. The number of piperazine rings is 1. The van der Waals surface area contributed by atoms with Crippen molar-refractivity contribution >= 4 is 29.2 Å². The lowest BCUT2D eigenvalue weighted by molar-refractivity contribution is -0.150. The van der Waals surface area contributed by atoms with E-state index in [4.69, 9.17) is 16.3 Å². The zero-order chi connectivity index (χ0) is 19.9. The summed E-state index contributed by atoms with van der Waals surface area (Å²) in [5.41, 5.74) is 2.47. The molecule has 1 saturated carbocycles. The number of anilines is 1. The van der Waals surface area contributed by atoms with Crippen LogP contribution in [-0.4, -0.2) is 42.0 Å². The van der Waals surface area contributed by atoms with Gasteiger partial charge in [-0.05, 0) is 49.6 Å². The van der Waals surface area contributed by atoms with E-state index in [9.17, 15) is 9.59 Å². The normalized spacial score (nSPS) is 20.4. The van der Waals surface area contributed by atoms with Crippen LogP contribution in [0.5, 0.6) is 0 Å². The highest BCUT2D eigenvalue weighted by atomic mass is 35.5. The molecule has 6 heteroatoms. The summed E-state index contributed by atoms with van der Waals surface area (Å²) in [5, 5.41) is 0.660. The maximum Gasteiger partial charge on any atom is 0.330 e. The van der Waals surface area contributed by atoms with Gasteiger partial charge in [0.2, 0.25) is 5.91 Å². The van der Waals surface area contributed by atoms with Gasteiger partial charge in [-0.25, -0.2) is 4.79 Å². The molecule has 2 fully saturated rings. The molecule has 0 aromatic heterocycles. The number of hydrogen-bond acceptors (Lipinski definition) is 4. The molecule has 1 amide bonds. The predicted molar refractivity (Wildman–Crippen MR) is 108 cm³/mol. The number of amides is 1. The van der Waals surface area contributed by atoms with Gasteiger partial charge in [-0.2, -0.15) is 0 Å². The molecule has 0 N–H and O–H groups in total. The molecule has 146 valence electrons. The minimum Gasteiger partial charge on any atom is -0.467 e. The van der Waals surface area contributed by atoms with Crippen molar-refractivity contribution in [3.63, 3.8) is 0 Å². The Balaban J connectivity index is 1.69. The first kappa shape index (κ1) is 18.8. The Morgan fingerprint density at radius 3 is 2.36 bits per heavy atom. The van der Waals surface area contributed by atoms with Crippen molar-refractivity contribution < 1.29 is 14.3 Å². The molecule has 1 spiro atoms. The van der Waals surface area contributed by atoms with Gasteiger partial charge in [0.05, 0.1) is 19.2 Å². The molecule has 1 unspecified atom stereocenters. The lowest BCUT2D eigenvalue weighted by Gasteiger charge is -2.47. The molecule has 0 radical (unpaired) electrons. The van der Waals surface area contributed by atoms with Gasteiger partial charge in [-0.1, -0.05) is 41.4 Å². The van der Waals surface area contributed by atoms with Crippen LogP contribution in [0.15, 0.2) is 48.5 Å². The zero-order valence-corrected chi connectivity index (χ0v) is 16.8. The summed E-state index contributed by atoms with van der Waals surface area (Å²) >= 11 is 5.98. The molecular weight excluding hydrogens is 376 g/mol. The van der Waals surface area contributed by atoms with Crippen molar-refractivity contribution in [3.8, 4) is 0 Å². The lowest BCUT2D eigenvalue weighted by atomic mass is 9.96. The first-order valence-corrected chi connectivity index (χ1v) is 9.78. The fourth-order valence-electron chi connectivity index (χ4n) is 4.13. The minimum atomic E-state index is -0.521. The fraction of sp³-hybridized carbons (Fsp3) is 0.364. The summed E-state index contributed by atoms with van der Waals surface area (Å²) in [4.78, 5) is 29.7. The molecule has 0 bridgehead atoms. The highest BCUT2D eigenvalue weighted by Crippen LogP contribution is 2.50. The topological polar surface area (TPSA) is 49.9 Å². The maximum absolute atomic E-state index is 13.1. The number of hydrogen-bond donors (Lipinski definition) is 0. The molecule has 1 aliphatic heterocycles. The number of nitrogens with zero attached hydrogens (tertiary/aromatic N) is 2. The molecule has 2 aromatic rings. The van der Waals surface area contributed by atoms with Crippen LogP contribution < -0.4 is 4.90 Å². The highest BCUT2D eigenvalue weighted by Gasteiger charge is 2.63. The Bertz CT molecular complexity index is 891. The van der Waals surface area contributed by atoms with Crippen molar-refractivity contribution in [3.05, 3.63) is 64.7 Å². The van der Waals surface area contributed by atoms with E-state index in [0.29, 0.717) is 11.6 Å². The van der Waals surface area contributed by atoms with E-state index in [2.05, 4.69) is 0 Å². The van der Waals surface area contributed by atoms with E-state index in [1.165, 1.54) is 7.11 Å². The van der Waals surface area contributed by atoms with Crippen LogP contribution in [0.1, 0.15) is 24.0 Å². The average molecular weight is 399 g/mol. The monoisotopic (exact) mass is 398 g/mol. The number of carbonyl (C=O) groups excluding carboxylic acids is 2. The first-order chi connectivity index (χ1) is 13.4. The minimum absolute atomic E-state index is 0.0215. The number of aryl methyl sites for hydroxylation is 1. The summed E-state index contributed by atoms with van der Waals surface area (Å²) in [5.74, 6) is -0.278. The summed E-state index contributed by atoms with van der Waals surface area (Å²) in [6.07, 6.45) is 1.57. The Morgan fingerprint density at radius 1 is 1.14 bits per heavy atom. The van der Waals surface area contributed by atoms with Gasteiger partial charge < -0.3 is 14.5 Å². The fourth-order valence-corrected chi connectivity index (χ4v) is 4.26. The van der Waals surface area contributed by atoms with Gasteiger partial charge in [0, 0.05) is 17.3 Å². The van der Waals surface area contributed by atoms with E-state index < -0.39 is 11.6 Å². The van der Waals surface area contributed by atoms with Crippen LogP contribution in [0.3, 0.4) is 0 Å². The molecule has 5 nitrogen and oxygen atoms in total.